The molecule has 1 saturated heterocycles. The van der Waals surface area contributed by atoms with Crippen molar-refractivity contribution in [1.82, 2.24) is 4.98 Å². The Morgan fingerprint density at radius 2 is 2.04 bits per heavy atom. The molecule has 7 nitrogen and oxygen atoms in total. The van der Waals surface area contributed by atoms with Crippen molar-refractivity contribution in [2.75, 3.05) is 29.2 Å². The summed E-state index contributed by atoms with van der Waals surface area (Å²) >= 11 is 0. The van der Waals surface area contributed by atoms with Crippen LogP contribution in [-0.4, -0.2) is 44.0 Å². The highest BCUT2D eigenvalue weighted by Crippen LogP contribution is 2.20. The normalized spacial score (nSPS) is 18.5. The van der Waals surface area contributed by atoms with Crippen LogP contribution in [0, 0.1) is 0 Å². The van der Waals surface area contributed by atoms with Crippen molar-refractivity contribution in [3.8, 4) is 5.75 Å². The fourth-order valence-corrected chi connectivity index (χ4v) is 4.39. The van der Waals surface area contributed by atoms with Crippen LogP contribution in [0.3, 0.4) is 0 Å². The summed E-state index contributed by atoms with van der Waals surface area (Å²) in [6.45, 7) is 0. The third-order valence-corrected chi connectivity index (χ3v) is 5.73. The van der Waals surface area contributed by atoms with E-state index in [1.807, 2.05) is 0 Å². The summed E-state index contributed by atoms with van der Waals surface area (Å²) in [6.07, 6.45) is 2.16. The van der Waals surface area contributed by atoms with E-state index in [-0.39, 0.29) is 23.5 Å². The number of hydrogen-bond acceptors (Lipinski definition) is 6. The van der Waals surface area contributed by atoms with Crippen LogP contribution in [0.5, 0.6) is 5.75 Å². The van der Waals surface area contributed by atoms with Crippen LogP contribution in [-0.2, 0) is 9.84 Å². The molecule has 0 spiro atoms. The number of nitrogens with one attached hydrogen (secondary N) is 2. The van der Waals surface area contributed by atoms with E-state index < -0.39 is 9.84 Å². The standard InChI is InChI=1S/C17H19N3O4S/c1-24-15-5-3-2-4-14(15)17(21)20-16-7-6-12(10-18-16)19-13-8-9-25(22,23)11-13/h2-7,10,13,19H,8-9,11H2,1H3,(H,18,20,21). The van der Waals surface area contributed by atoms with Gasteiger partial charge in [0.25, 0.3) is 5.91 Å². The lowest BCUT2D eigenvalue weighted by atomic mass is 10.2. The van der Waals surface area contributed by atoms with Crippen molar-refractivity contribution in [3.05, 3.63) is 48.2 Å². The van der Waals surface area contributed by atoms with E-state index in [1.54, 1.807) is 42.6 Å². The van der Waals surface area contributed by atoms with Crippen LogP contribution >= 0.6 is 0 Å². The molecule has 8 heteroatoms. The molecular weight excluding hydrogens is 342 g/mol. The minimum Gasteiger partial charge on any atom is -0.496 e. The van der Waals surface area contributed by atoms with Gasteiger partial charge in [-0.1, -0.05) is 12.1 Å². The van der Waals surface area contributed by atoms with Crippen molar-refractivity contribution in [2.45, 2.75) is 12.5 Å². The number of nitrogens with zero attached hydrogens (tertiary/aromatic N) is 1. The van der Waals surface area contributed by atoms with Gasteiger partial charge < -0.3 is 15.4 Å². The maximum Gasteiger partial charge on any atom is 0.260 e. The highest BCUT2D eigenvalue weighted by atomic mass is 32.2. The quantitative estimate of drug-likeness (QED) is 0.845. The fourth-order valence-electron chi connectivity index (χ4n) is 2.71. The summed E-state index contributed by atoms with van der Waals surface area (Å²) in [4.78, 5) is 16.5. The number of carbonyl (C=O) groups excluding carboxylic acids is 1. The van der Waals surface area contributed by atoms with Crippen molar-refractivity contribution in [1.29, 1.82) is 0 Å². The highest BCUT2D eigenvalue weighted by molar-refractivity contribution is 7.91. The summed E-state index contributed by atoms with van der Waals surface area (Å²) in [5, 5.41) is 5.87. The van der Waals surface area contributed by atoms with Gasteiger partial charge in [0.15, 0.2) is 9.84 Å². The molecule has 1 fully saturated rings. The summed E-state index contributed by atoms with van der Waals surface area (Å²) in [5.41, 5.74) is 1.14. The molecule has 1 aliphatic heterocycles. The first-order valence-electron chi connectivity index (χ1n) is 7.84. The highest BCUT2D eigenvalue weighted by Gasteiger charge is 2.27. The molecule has 1 aromatic heterocycles. The van der Waals surface area contributed by atoms with Gasteiger partial charge in [-0.3, -0.25) is 4.79 Å². The van der Waals surface area contributed by atoms with E-state index >= 15 is 0 Å². The number of carbonyl (C=O) groups is 1. The minimum atomic E-state index is -2.93. The zero-order valence-electron chi connectivity index (χ0n) is 13.7. The molecule has 2 aromatic rings. The Hall–Kier alpha value is -2.61. The van der Waals surface area contributed by atoms with E-state index in [4.69, 9.17) is 4.74 Å². The Morgan fingerprint density at radius 1 is 1.24 bits per heavy atom. The number of rotatable bonds is 5. The van der Waals surface area contributed by atoms with Gasteiger partial charge in [0.05, 0.1) is 36.1 Å². The molecule has 3 rings (SSSR count). The van der Waals surface area contributed by atoms with Crippen molar-refractivity contribution in [2.24, 2.45) is 0 Å². The van der Waals surface area contributed by atoms with Gasteiger partial charge in [-0.2, -0.15) is 0 Å². The van der Waals surface area contributed by atoms with Crippen LogP contribution in [0.1, 0.15) is 16.8 Å². The molecule has 1 unspecified atom stereocenters. The molecule has 0 bridgehead atoms. The molecule has 1 aliphatic rings. The van der Waals surface area contributed by atoms with Crippen LogP contribution in [0.4, 0.5) is 11.5 Å². The Kier molecular flexibility index (Phi) is 4.89. The maximum absolute atomic E-state index is 12.3. The van der Waals surface area contributed by atoms with Gasteiger partial charge >= 0.3 is 0 Å². The molecule has 1 amide bonds. The Morgan fingerprint density at radius 3 is 2.68 bits per heavy atom. The van der Waals surface area contributed by atoms with Gasteiger partial charge in [0.1, 0.15) is 11.6 Å². The SMILES string of the molecule is COc1ccccc1C(=O)Nc1ccc(NC2CCS(=O)(=O)C2)cn1. The molecule has 1 atom stereocenters. The Bertz CT molecular complexity index is 866. The number of pyridine rings is 1. The second-order valence-corrected chi connectivity index (χ2v) is 8.06. The third-order valence-electron chi connectivity index (χ3n) is 3.96. The molecule has 2 heterocycles. The second kappa shape index (κ2) is 7.10. The topological polar surface area (TPSA) is 97.4 Å². The van der Waals surface area contributed by atoms with Crippen LogP contribution < -0.4 is 15.4 Å². The number of sulfone groups is 1. The van der Waals surface area contributed by atoms with Crippen LogP contribution in [0.15, 0.2) is 42.6 Å². The van der Waals surface area contributed by atoms with Crippen LogP contribution in [0.2, 0.25) is 0 Å². The maximum atomic E-state index is 12.3. The molecule has 25 heavy (non-hydrogen) atoms. The fraction of sp³-hybridized carbons (Fsp3) is 0.294. The van der Waals surface area contributed by atoms with E-state index in [9.17, 15) is 13.2 Å². The number of ether oxygens (including phenoxy) is 1. The molecule has 0 saturated carbocycles. The van der Waals surface area contributed by atoms with Crippen molar-refractivity contribution in [3.63, 3.8) is 0 Å². The van der Waals surface area contributed by atoms with Gasteiger partial charge in [-0.05, 0) is 30.7 Å². The second-order valence-electron chi connectivity index (χ2n) is 5.83. The van der Waals surface area contributed by atoms with Gasteiger partial charge in [-0.15, -0.1) is 0 Å². The van der Waals surface area contributed by atoms with Crippen molar-refractivity contribution >= 4 is 27.2 Å². The van der Waals surface area contributed by atoms with E-state index in [2.05, 4.69) is 15.6 Å². The average molecular weight is 361 g/mol. The van der Waals surface area contributed by atoms with E-state index in [0.29, 0.717) is 23.6 Å². The lowest BCUT2D eigenvalue weighted by Gasteiger charge is -2.13. The minimum absolute atomic E-state index is 0.0965. The lowest BCUT2D eigenvalue weighted by molar-refractivity contribution is 0.102. The largest absolute Gasteiger partial charge is 0.496 e. The van der Waals surface area contributed by atoms with Crippen LogP contribution in [0.25, 0.3) is 0 Å². The number of amides is 1. The molecule has 2 N–H and O–H groups in total. The molecule has 132 valence electrons. The monoisotopic (exact) mass is 361 g/mol. The first-order valence-corrected chi connectivity index (χ1v) is 9.66. The summed E-state index contributed by atoms with van der Waals surface area (Å²) < 4.78 is 28.1. The molecule has 1 aromatic carbocycles. The number of benzene rings is 1. The zero-order chi connectivity index (χ0) is 17.9. The number of hydrogen-bond donors (Lipinski definition) is 2. The first-order chi connectivity index (χ1) is 12.0. The summed E-state index contributed by atoms with van der Waals surface area (Å²) in [7, 11) is -1.42. The number of methoxy groups -OCH3 is 1. The van der Waals surface area contributed by atoms with E-state index in [0.717, 1.165) is 5.69 Å². The summed E-state index contributed by atoms with van der Waals surface area (Å²) in [6, 6.07) is 10.3. The predicted molar refractivity (Wildman–Crippen MR) is 95.9 cm³/mol. The van der Waals surface area contributed by atoms with Gasteiger partial charge in [0.2, 0.25) is 0 Å². The smallest absolute Gasteiger partial charge is 0.260 e. The molecular formula is C17H19N3O4S. The molecule has 0 radical (unpaired) electrons. The first kappa shape index (κ1) is 17.2. The summed E-state index contributed by atoms with van der Waals surface area (Å²) in [5.74, 6) is 0.929. The number of aromatic nitrogens is 1. The average Bonchev–Trinajstić information content (AvgIpc) is 2.95. The number of para-hydroxylation sites is 1. The third kappa shape index (κ3) is 4.27. The molecule has 0 aliphatic carbocycles. The predicted octanol–water partition coefficient (Wildman–Crippen LogP) is 1.94. The van der Waals surface area contributed by atoms with Gasteiger partial charge in [0, 0.05) is 6.04 Å². The Labute approximate surface area is 146 Å². The van der Waals surface area contributed by atoms with Gasteiger partial charge in [-0.25, -0.2) is 13.4 Å². The van der Waals surface area contributed by atoms with E-state index in [1.165, 1.54) is 7.11 Å². The Balaban J connectivity index is 1.64. The van der Waals surface area contributed by atoms with Crippen molar-refractivity contribution < 1.29 is 17.9 Å². The zero-order valence-corrected chi connectivity index (χ0v) is 14.5. The lowest BCUT2D eigenvalue weighted by Crippen LogP contribution is -2.20. The number of anilines is 2.